The number of esters is 2. The number of benzene rings is 2. The van der Waals surface area contributed by atoms with Crippen molar-refractivity contribution in [2.45, 2.75) is 18.9 Å². The third kappa shape index (κ3) is 3.25. The quantitative estimate of drug-likeness (QED) is 0.622. The monoisotopic (exact) mass is 498 g/mol. The van der Waals surface area contributed by atoms with Crippen molar-refractivity contribution in [2.24, 2.45) is 5.73 Å². The van der Waals surface area contributed by atoms with Crippen LogP contribution in [-0.2, 0) is 40.6 Å². The Bertz CT molecular complexity index is 1200. The van der Waals surface area contributed by atoms with Crippen molar-refractivity contribution in [3.05, 3.63) is 86.9 Å². The fourth-order valence-corrected chi connectivity index (χ4v) is 4.42. The van der Waals surface area contributed by atoms with E-state index in [1.54, 1.807) is 30.3 Å². The summed E-state index contributed by atoms with van der Waals surface area (Å²) in [5.41, 5.74) is 5.28. The molecule has 2 aliphatic rings. The molecular formula is C23H19BrN2O6. The molecule has 164 valence electrons. The van der Waals surface area contributed by atoms with Crippen molar-refractivity contribution in [1.29, 1.82) is 0 Å². The van der Waals surface area contributed by atoms with Gasteiger partial charge in [-0.15, -0.1) is 0 Å². The number of nitrogens with two attached hydrogens (primary N) is 1. The number of carbonyl (C=O) groups is 3. The number of carbonyl (C=O) groups excluding carboxylic acids is 3. The predicted molar refractivity (Wildman–Crippen MR) is 118 cm³/mol. The van der Waals surface area contributed by atoms with Crippen LogP contribution in [0, 0.1) is 0 Å². The van der Waals surface area contributed by atoms with Gasteiger partial charge in [-0.1, -0.05) is 46.3 Å². The summed E-state index contributed by atoms with van der Waals surface area (Å²) in [6, 6.07) is 14.1. The van der Waals surface area contributed by atoms with E-state index in [4.69, 9.17) is 19.9 Å². The Hall–Kier alpha value is -3.59. The lowest BCUT2D eigenvalue weighted by Crippen LogP contribution is -2.48. The highest BCUT2D eigenvalue weighted by Crippen LogP contribution is 2.53. The minimum Gasteiger partial charge on any atom is -0.465 e. The molecule has 0 aliphatic carbocycles. The zero-order chi connectivity index (χ0) is 23.0. The molecule has 2 aromatic carbocycles. The lowest BCUT2D eigenvalue weighted by atomic mass is 9.67. The van der Waals surface area contributed by atoms with Gasteiger partial charge in [-0.2, -0.15) is 0 Å². The highest BCUT2D eigenvalue weighted by atomic mass is 79.9. The van der Waals surface area contributed by atoms with Crippen molar-refractivity contribution in [3.63, 3.8) is 0 Å². The number of halogens is 1. The van der Waals surface area contributed by atoms with Gasteiger partial charge in [-0.05, 0) is 30.7 Å². The smallest absolute Gasteiger partial charge is 0.340 e. The van der Waals surface area contributed by atoms with Crippen molar-refractivity contribution in [2.75, 3.05) is 12.4 Å². The Kier molecular flexibility index (Phi) is 5.52. The summed E-state index contributed by atoms with van der Waals surface area (Å²) in [4.78, 5) is 39.7. The van der Waals surface area contributed by atoms with Crippen LogP contribution in [-0.4, -0.2) is 25.0 Å². The van der Waals surface area contributed by atoms with Crippen LogP contribution in [0.3, 0.4) is 0 Å². The summed E-state index contributed by atoms with van der Waals surface area (Å²) in [5.74, 6) is -2.62. The van der Waals surface area contributed by atoms with Gasteiger partial charge >= 0.3 is 11.9 Å². The molecule has 8 nitrogen and oxygen atoms in total. The van der Waals surface area contributed by atoms with Crippen molar-refractivity contribution < 1.29 is 28.6 Å². The molecule has 3 N–H and O–H groups in total. The Morgan fingerprint density at radius 3 is 2.53 bits per heavy atom. The third-order valence-corrected chi connectivity index (χ3v) is 5.89. The largest absolute Gasteiger partial charge is 0.465 e. The second kappa shape index (κ2) is 8.16. The topological polar surface area (TPSA) is 117 Å². The number of amides is 1. The zero-order valence-corrected chi connectivity index (χ0v) is 18.8. The first-order valence-corrected chi connectivity index (χ1v) is 10.4. The molecule has 0 aromatic heterocycles. The number of hydrogen-bond acceptors (Lipinski definition) is 7. The summed E-state index contributed by atoms with van der Waals surface area (Å²) in [6.07, 6.45) is 0. The second-order valence-electron chi connectivity index (χ2n) is 7.22. The number of allylic oxidation sites excluding steroid dienone is 1. The summed E-state index contributed by atoms with van der Waals surface area (Å²) >= 11 is 3.39. The second-order valence-corrected chi connectivity index (χ2v) is 8.14. The van der Waals surface area contributed by atoms with Gasteiger partial charge in [0, 0.05) is 15.7 Å². The van der Waals surface area contributed by atoms with Crippen molar-refractivity contribution in [3.8, 4) is 0 Å². The van der Waals surface area contributed by atoms with E-state index in [0.717, 1.165) is 12.7 Å². The number of hydrogen-bond donors (Lipinski definition) is 2. The molecule has 0 saturated heterocycles. The minimum absolute atomic E-state index is 0.0355. The number of ether oxygens (including phenoxy) is 3. The molecular weight excluding hydrogens is 480 g/mol. The molecule has 0 radical (unpaired) electrons. The normalized spacial score (nSPS) is 19.4. The highest BCUT2D eigenvalue weighted by molar-refractivity contribution is 9.10. The number of methoxy groups -OCH3 is 1. The Balaban J connectivity index is 1.90. The van der Waals surface area contributed by atoms with Gasteiger partial charge in [0.15, 0.2) is 0 Å². The summed E-state index contributed by atoms with van der Waals surface area (Å²) in [5, 5.41) is 2.74. The van der Waals surface area contributed by atoms with Crippen LogP contribution in [0.25, 0.3) is 0 Å². The van der Waals surface area contributed by atoms with E-state index in [1.807, 2.05) is 18.2 Å². The Morgan fingerprint density at radius 1 is 1.12 bits per heavy atom. The Labute approximate surface area is 192 Å². The molecule has 1 spiro atoms. The van der Waals surface area contributed by atoms with Crippen LogP contribution < -0.4 is 11.1 Å². The first-order valence-electron chi connectivity index (χ1n) is 9.61. The number of rotatable bonds is 4. The average Bonchev–Trinajstić information content (AvgIpc) is 3.04. The van der Waals surface area contributed by atoms with E-state index in [-0.39, 0.29) is 29.4 Å². The number of nitrogens with one attached hydrogen (secondary N) is 1. The SMILES string of the molecule is COC(=O)C1=C(N)OC(C)=C(C(=O)OCc2ccccc2)[C@@]12C(=O)Nc1ccc(Br)cc12. The van der Waals surface area contributed by atoms with E-state index in [1.165, 1.54) is 6.92 Å². The molecule has 1 amide bonds. The zero-order valence-electron chi connectivity index (χ0n) is 17.2. The predicted octanol–water partition coefficient (Wildman–Crippen LogP) is 3.03. The van der Waals surface area contributed by atoms with Gasteiger partial charge in [0.25, 0.3) is 0 Å². The lowest BCUT2D eigenvalue weighted by Gasteiger charge is -2.35. The number of fused-ring (bicyclic) bond motifs is 2. The summed E-state index contributed by atoms with van der Waals surface area (Å²) in [6.45, 7) is 1.46. The van der Waals surface area contributed by atoms with Gasteiger partial charge in [-0.3, -0.25) is 4.79 Å². The van der Waals surface area contributed by atoms with Crippen LogP contribution in [0.2, 0.25) is 0 Å². The van der Waals surface area contributed by atoms with Gasteiger partial charge in [0.1, 0.15) is 28.9 Å². The standard InChI is InChI=1S/C23H19BrN2O6/c1-12-17(21(28)31-11-13-6-4-3-5-7-13)23(18(19(25)32-12)20(27)30-2)15-10-14(24)8-9-16(15)26-22(23)29/h3-10H,11,25H2,1-2H3,(H,26,29)/t23-/m1/s1. The van der Waals surface area contributed by atoms with Crippen LogP contribution >= 0.6 is 15.9 Å². The van der Waals surface area contributed by atoms with E-state index in [2.05, 4.69) is 21.2 Å². The van der Waals surface area contributed by atoms with Crippen LogP contribution in [0.1, 0.15) is 18.1 Å². The van der Waals surface area contributed by atoms with Gasteiger partial charge < -0.3 is 25.3 Å². The molecule has 32 heavy (non-hydrogen) atoms. The van der Waals surface area contributed by atoms with Crippen molar-refractivity contribution in [1.82, 2.24) is 0 Å². The van der Waals surface area contributed by atoms with Crippen LogP contribution in [0.15, 0.2) is 75.8 Å². The average molecular weight is 499 g/mol. The molecule has 9 heteroatoms. The molecule has 0 bridgehead atoms. The molecule has 2 aliphatic heterocycles. The maximum Gasteiger partial charge on any atom is 0.340 e. The Morgan fingerprint density at radius 2 is 1.84 bits per heavy atom. The molecule has 2 aromatic rings. The van der Waals surface area contributed by atoms with E-state index in [0.29, 0.717) is 15.7 Å². The summed E-state index contributed by atoms with van der Waals surface area (Å²) < 4.78 is 16.6. The molecule has 0 fully saturated rings. The van der Waals surface area contributed by atoms with Crippen molar-refractivity contribution >= 4 is 39.5 Å². The van der Waals surface area contributed by atoms with Crippen LogP contribution in [0.5, 0.6) is 0 Å². The summed E-state index contributed by atoms with van der Waals surface area (Å²) in [7, 11) is 1.16. The fraction of sp³-hybridized carbons (Fsp3) is 0.174. The van der Waals surface area contributed by atoms with E-state index >= 15 is 0 Å². The van der Waals surface area contributed by atoms with E-state index in [9.17, 15) is 14.4 Å². The fourth-order valence-electron chi connectivity index (χ4n) is 4.06. The van der Waals surface area contributed by atoms with Gasteiger partial charge in [0.05, 0.1) is 7.11 Å². The maximum absolute atomic E-state index is 13.5. The third-order valence-electron chi connectivity index (χ3n) is 5.39. The molecule has 4 rings (SSSR count). The molecule has 2 heterocycles. The number of anilines is 1. The molecule has 0 saturated carbocycles. The minimum atomic E-state index is -1.90. The van der Waals surface area contributed by atoms with Gasteiger partial charge in [0.2, 0.25) is 11.8 Å². The first kappa shape index (κ1) is 21.6. The van der Waals surface area contributed by atoms with E-state index < -0.39 is 23.3 Å². The van der Waals surface area contributed by atoms with Gasteiger partial charge in [-0.25, -0.2) is 9.59 Å². The molecule has 1 atom stereocenters. The highest BCUT2D eigenvalue weighted by Gasteiger charge is 2.61. The van der Waals surface area contributed by atoms with Crippen LogP contribution in [0.4, 0.5) is 5.69 Å². The first-order chi connectivity index (χ1) is 15.3. The lowest BCUT2D eigenvalue weighted by molar-refractivity contribution is -0.143. The maximum atomic E-state index is 13.5. The molecule has 0 unspecified atom stereocenters.